The zero-order chi connectivity index (χ0) is 13.0. The first-order chi connectivity index (χ1) is 8.72. The second-order valence-corrected chi connectivity index (χ2v) is 4.93. The van der Waals surface area contributed by atoms with Gasteiger partial charge in [-0.2, -0.15) is 0 Å². The van der Waals surface area contributed by atoms with Gasteiger partial charge in [0, 0.05) is 11.6 Å². The Morgan fingerprint density at radius 2 is 2.22 bits per heavy atom. The van der Waals surface area contributed by atoms with Crippen molar-refractivity contribution in [2.24, 2.45) is 5.92 Å². The van der Waals surface area contributed by atoms with E-state index in [1.165, 1.54) is 5.56 Å². The molecule has 2 heteroatoms. The monoisotopic (exact) mass is 243 g/mol. The van der Waals surface area contributed by atoms with Crippen molar-refractivity contribution in [2.75, 3.05) is 5.32 Å². The van der Waals surface area contributed by atoms with Crippen molar-refractivity contribution >= 4 is 11.6 Å². The van der Waals surface area contributed by atoms with Crippen molar-refractivity contribution in [1.82, 2.24) is 0 Å². The molecule has 2 nitrogen and oxygen atoms in total. The third-order valence-corrected chi connectivity index (χ3v) is 3.63. The van der Waals surface area contributed by atoms with Crippen LogP contribution in [-0.4, -0.2) is 5.91 Å². The fourth-order valence-electron chi connectivity index (χ4n) is 2.46. The minimum Gasteiger partial charge on any atom is -0.325 e. The lowest BCUT2D eigenvalue weighted by Crippen LogP contribution is -2.24. The van der Waals surface area contributed by atoms with Crippen molar-refractivity contribution in [3.63, 3.8) is 0 Å². The van der Waals surface area contributed by atoms with E-state index in [4.69, 9.17) is 0 Å². The summed E-state index contributed by atoms with van der Waals surface area (Å²) in [5.74, 6) is 0.308. The minimum atomic E-state index is 0.138. The highest BCUT2D eigenvalue weighted by Gasteiger charge is 2.19. The van der Waals surface area contributed by atoms with Crippen LogP contribution in [0, 0.1) is 12.8 Å². The Morgan fingerprint density at radius 3 is 2.89 bits per heavy atom. The highest BCUT2D eigenvalue weighted by atomic mass is 16.1. The number of para-hydroxylation sites is 1. The molecule has 0 spiro atoms. The molecule has 0 aromatic heterocycles. The SMILES string of the molecule is CCc1cccc(C)c1NC(=O)[C@@H]1CC=CCC1. The Kier molecular flexibility index (Phi) is 4.19. The minimum absolute atomic E-state index is 0.138. The van der Waals surface area contributed by atoms with E-state index >= 15 is 0 Å². The van der Waals surface area contributed by atoms with Gasteiger partial charge in [0.2, 0.25) is 5.91 Å². The van der Waals surface area contributed by atoms with Gasteiger partial charge in [0.05, 0.1) is 0 Å². The largest absolute Gasteiger partial charge is 0.325 e. The first-order valence-electron chi connectivity index (χ1n) is 6.76. The summed E-state index contributed by atoms with van der Waals surface area (Å²) in [6.45, 7) is 4.17. The number of nitrogens with one attached hydrogen (secondary N) is 1. The van der Waals surface area contributed by atoms with Crippen LogP contribution in [-0.2, 0) is 11.2 Å². The molecule has 1 atom stereocenters. The Hall–Kier alpha value is -1.57. The smallest absolute Gasteiger partial charge is 0.227 e. The fourth-order valence-corrected chi connectivity index (χ4v) is 2.46. The van der Waals surface area contributed by atoms with Crippen molar-refractivity contribution < 1.29 is 4.79 Å². The number of rotatable bonds is 3. The molecule has 1 aliphatic carbocycles. The van der Waals surface area contributed by atoms with E-state index in [0.29, 0.717) is 0 Å². The van der Waals surface area contributed by atoms with Gasteiger partial charge in [0.15, 0.2) is 0 Å². The Balaban J connectivity index is 2.13. The number of anilines is 1. The molecule has 1 N–H and O–H groups in total. The van der Waals surface area contributed by atoms with Gasteiger partial charge in [-0.1, -0.05) is 37.3 Å². The summed E-state index contributed by atoms with van der Waals surface area (Å²) in [5.41, 5.74) is 3.38. The molecule has 0 heterocycles. The van der Waals surface area contributed by atoms with Crippen LogP contribution in [0.15, 0.2) is 30.4 Å². The fraction of sp³-hybridized carbons (Fsp3) is 0.438. The molecule has 1 amide bonds. The van der Waals surface area contributed by atoms with E-state index in [1.807, 2.05) is 6.07 Å². The van der Waals surface area contributed by atoms with Crippen molar-refractivity contribution in [1.29, 1.82) is 0 Å². The zero-order valence-corrected chi connectivity index (χ0v) is 11.2. The lowest BCUT2D eigenvalue weighted by Gasteiger charge is -2.19. The van der Waals surface area contributed by atoms with Crippen LogP contribution < -0.4 is 5.32 Å². The maximum Gasteiger partial charge on any atom is 0.227 e. The Labute approximate surface area is 109 Å². The van der Waals surface area contributed by atoms with Gasteiger partial charge in [-0.3, -0.25) is 4.79 Å². The van der Waals surface area contributed by atoms with E-state index in [0.717, 1.165) is 36.9 Å². The summed E-state index contributed by atoms with van der Waals surface area (Å²) in [6, 6.07) is 6.19. The lowest BCUT2D eigenvalue weighted by atomic mass is 9.93. The molecule has 0 saturated heterocycles. The number of carbonyl (C=O) groups excluding carboxylic acids is 1. The van der Waals surface area contributed by atoms with E-state index in [2.05, 4.69) is 43.4 Å². The highest BCUT2D eigenvalue weighted by molar-refractivity contribution is 5.94. The Bertz CT molecular complexity index is 462. The number of amides is 1. The standard InChI is InChI=1S/C16H21NO/c1-3-13-11-7-8-12(2)15(13)17-16(18)14-9-5-4-6-10-14/h4-5,7-8,11,14H,3,6,9-10H2,1-2H3,(H,17,18)/t14-/m1/s1. The van der Waals surface area contributed by atoms with Crippen molar-refractivity contribution in [3.8, 4) is 0 Å². The molecule has 1 aromatic carbocycles. The van der Waals surface area contributed by atoms with Crippen LogP contribution in [0.2, 0.25) is 0 Å². The summed E-state index contributed by atoms with van der Waals surface area (Å²) < 4.78 is 0. The van der Waals surface area contributed by atoms with Crippen LogP contribution in [0.3, 0.4) is 0 Å². The number of allylic oxidation sites excluding steroid dienone is 2. The van der Waals surface area contributed by atoms with Gasteiger partial charge in [-0.15, -0.1) is 0 Å². The molecule has 1 aromatic rings. The number of carbonyl (C=O) groups is 1. The Morgan fingerprint density at radius 1 is 1.39 bits per heavy atom. The van der Waals surface area contributed by atoms with Crippen molar-refractivity contribution in [2.45, 2.75) is 39.5 Å². The average molecular weight is 243 g/mol. The van der Waals surface area contributed by atoms with Gasteiger partial charge >= 0.3 is 0 Å². The first-order valence-corrected chi connectivity index (χ1v) is 6.76. The molecule has 96 valence electrons. The lowest BCUT2D eigenvalue weighted by molar-refractivity contribution is -0.120. The number of benzene rings is 1. The molecule has 0 fully saturated rings. The molecule has 2 rings (SSSR count). The van der Waals surface area contributed by atoms with Gasteiger partial charge in [-0.05, 0) is 43.7 Å². The molecule has 0 saturated carbocycles. The predicted octanol–water partition coefficient (Wildman–Crippen LogP) is 3.85. The average Bonchev–Trinajstić information content (AvgIpc) is 2.42. The molecule has 0 aliphatic heterocycles. The quantitative estimate of drug-likeness (QED) is 0.803. The van der Waals surface area contributed by atoms with E-state index in [9.17, 15) is 4.79 Å². The summed E-state index contributed by atoms with van der Waals surface area (Å²) in [6.07, 6.45) is 8.09. The molecular weight excluding hydrogens is 222 g/mol. The van der Waals surface area contributed by atoms with Gasteiger partial charge < -0.3 is 5.32 Å². The molecule has 1 aliphatic rings. The number of aryl methyl sites for hydroxylation is 2. The molecule has 18 heavy (non-hydrogen) atoms. The van der Waals surface area contributed by atoms with Gasteiger partial charge in [-0.25, -0.2) is 0 Å². The summed E-state index contributed by atoms with van der Waals surface area (Å²) in [4.78, 5) is 12.2. The molecule has 0 bridgehead atoms. The highest BCUT2D eigenvalue weighted by Crippen LogP contribution is 2.24. The molecule has 0 radical (unpaired) electrons. The van der Waals surface area contributed by atoms with Gasteiger partial charge in [0.25, 0.3) is 0 Å². The summed E-state index contributed by atoms with van der Waals surface area (Å²) in [7, 11) is 0. The first kappa shape index (κ1) is 12.9. The number of hydrogen-bond donors (Lipinski definition) is 1. The summed E-state index contributed by atoms with van der Waals surface area (Å²) >= 11 is 0. The van der Waals surface area contributed by atoms with E-state index < -0.39 is 0 Å². The van der Waals surface area contributed by atoms with E-state index in [1.54, 1.807) is 0 Å². The second kappa shape index (κ2) is 5.85. The predicted molar refractivity (Wildman–Crippen MR) is 75.7 cm³/mol. The summed E-state index contributed by atoms with van der Waals surface area (Å²) in [5, 5.41) is 3.13. The maximum absolute atomic E-state index is 12.2. The molecular formula is C16H21NO. The molecule has 0 unspecified atom stereocenters. The van der Waals surface area contributed by atoms with Gasteiger partial charge in [0.1, 0.15) is 0 Å². The number of hydrogen-bond acceptors (Lipinski definition) is 1. The van der Waals surface area contributed by atoms with Crippen LogP contribution in [0.4, 0.5) is 5.69 Å². The van der Waals surface area contributed by atoms with Crippen LogP contribution in [0.5, 0.6) is 0 Å². The zero-order valence-electron chi connectivity index (χ0n) is 11.2. The normalized spacial score (nSPS) is 18.7. The third kappa shape index (κ3) is 2.81. The van der Waals surface area contributed by atoms with Crippen LogP contribution in [0.25, 0.3) is 0 Å². The third-order valence-electron chi connectivity index (χ3n) is 3.63. The maximum atomic E-state index is 12.2. The van der Waals surface area contributed by atoms with Crippen LogP contribution >= 0.6 is 0 Å². The second-order valence-electron chi connectivity index (χ2n) is 4.93. The van der Waals surface area contributed by atoms with Crippen molar-refractivity contribution in [3.05, 3.63) is 41.5 Å². The topological polar surface area (TPSA) is 29.1 Å². The van der Waals surface area contributed by atoms with Crippen LogP contribution in [0.1, 0.15) is 37.3 Å². The van der Waals surface area contributed by atoms with E-state index in [-0.39, 0.29) is 11.8 Å².